The van der Waals surface area contributed by atoms with Gasteiger partial charge in [-0.05, 0) is 25.5 Å². The van der Waals surface area contributed by atoms with Crippen molar-refractivity contribution < 1.29 is 5.11 Å². The Bertz CT molecular complexity index is 690. The van der Waals surface area contributed by atoms with Crippen LogP contribution in [-0.2, 0) is 6.54 Å². The van der Waals surface area contributed by atoms with Crippen LogP contribution >= 0.6 is 0 Å². The smallest absolute Gasteiger partial charge is 0.0758 e. The highest BCUT2D eigenvalue weighted by molar-refractivity contribution is 6.07. The van der Waals surface area contributed by atoms with Gasteiger partial charge < -0.3 is 15.4 Å². The number of para-hydroxylation sites is 2. The second-order valence-electron chi connectivity index (χ2n) is 5.64. The molecule has 0 amide bonds. The van der Waals surface area contributed by atoms with E-state index in [1.165, 1.54) is 21.8 Å². The topological polar surface area (TPSA) is 51.2 Å². The van der Waals surface area contributed by atoms with Gasteiger partial charge >= 0.3 is 0 Å². The summed E-state index contributed by atoms with van der Waals surface area (Å²) in [5.74, 6) is 0. The molecule has 0 aliphatic rings. The second kappa shape index (κ2) is 4.93. The van der Waals surface area contributed by atoms with Crippen LogP contribution < -0.4 is 5.73 Å². The van der Waals surface area contributed by atoms with Gasteiger partial charge in [0.1, 0.15) is 0 Å². The monoisotopic (exact) mass is 268 g/mol. The molecule has 3 heteroatoms. The summed E-state index contributed by atoms with van der Waals surface area (Å²) in [6.07, 6.45) is 0.645. The van der Waals surface area contributed by atoms with E-state index in [0.717, 1.165) is 6.54 Å². The molecule has 0 spiro atoms. The van der Waals surface area contributed by atoms with Crippen molar-refractivity contribution >= 4 is 21.8 Å². The Labute approximate surface area is 118 Å². The predicted molar refractivity (Wildman–Crippen MR) is 83.7 cm³/mol. The number of benzene rings is 2. The molecule has 0 aliphatic heterocycles. The van der Waals surface area contributed by atoms with E-state index in [0.29, 0.717) is 6.42 Å². The minimum Gasteiger partial charge on any atom is -0.389 e. The van der Waals surface area contributed by atoms with E-state index in [1.807, 2.05) is 0 Å². The molecule has 0 fully saturated rings. The van der Waals surface area contributed by atoms with Crippen molar-refractivity contribution in [3.05, 3.63) is 48.5 Å². The molecule has 1 aromatic heterocycles. The number of aromatic nitrogens is 1. The van der Waals surface area contributed by atoms with Crippen LogP contribution in [0.15, 0.2) is 48.5 Å². The van der Waals surface area contributed by atoms with Crippen molar-refractivity contribution in [1.82, 2.24) is 4.57 Å². The summed E-state index contributed by atoms with van der Waals surface area (Å²) >= 11 is 0. The average molecular weight is 268 g/mol. The first-order chi connectivity index (χ1) is 9.62. The van der Waals surface area contributed by atoms with Gasteiger partial charge in [0.25, 0.3) is 0 Å². The number of aliphatic hydroxyl groups is 1. The maximum absolute atomic E-state index is 10.1. The van der Waals surface area contributed by atoms with E-state index < -0.39 is 5.60 Å². The van der Waals surface area contributed by atoms with Crippen LogP contribution in [0.5, 0.6) is 0 Å². The molecule has 0 radical (unpaired) electrons. The summed E-state index contributed by atoms with van der Waals surface area (Å²) in [5, 5.41) is 12.6. The summed E-state index contributed by atoms with van der Waals surface area (Å²) in [6.45, 7) is 2.84. The Morgan fingerprint density at radius 2 is 1.50 bits per heavy atom. The Morgan fingerprint density at radius 3 is 2.00 bits per heavy atom. The van der Waals surface area contributed by atoms with Gasteiger partial charge in [0.2, 0.25) is 0 Å². The minimum atomic E-state index is -0.813. The SMILES string of the molecule is CC(O)(CN)CCn1c2ccccc2c2ccccc21. The Balaban J connectivity index is 2.12. The van der Waals surface area contributed by atoms with Crippen LogP contribution in [0.1, 0.15) is 13.3 Å². The van der Waals surface area contributed by atoms with Crippen molar-refractivity contribution in [2.24, 2.45) is 5.73 Å². The zero-order valence-electron chi connectivity index (χ0n) is 11.7. The third-order valence-electron chi connectivity index (χ3n) is 3.99. The fraction of sp³-hybridized carbons (Fsp3) is 0.294. The van der Waals surface area contributed by atoms with Gasteiger partial charge in [-0.1, -0.05) is 36.4 Å². The first-order valence-corrected chi connectivity index (χ1v) is 7.01. The zero-order valence-corrected chi connectivity index (χ0v) is 11.7. The summed E-state index contributed by atoms with van der Waals surface area (Å²) < 4.78 is 2.27. The molecule has 1 heterocycles. The quantitative estimate of drug-likeness (QED) is 0.764. The maximum atomic E-state index is 10.1. The largest absolute Gasteiger partial charge is 0.389 e. The predicted octanol–water partition coefficient (Wildman–Crippen LogP) is 2.89. The van der Waals surface area contributed by atoms with Gasteiger partial charge in [-0.2, -0.15) is 0 Å². The van der Waals surface area contributed by atoms with Crippen molar-refractivity contribution in [3.8, 4) is 0 Å². The van der Waals surface area contributed by atoms with Crippen molar-refractivity contribution in [1.29, 1.82) is 0 Å². The fourth-order valence-corrected chi connectivity index (χ4v) is 2.70. The lowest BCUT2D eigenvalue weighted by Crippen LogP contribution is -2.35. The molecule has 2 aromatic carbocycles. The summed E-state index contributed by atoms with van der Waals surface area (Å²) in [4.78, 5) is 0. The fourth-order valence-electron chi connectivity index (χ4n) is 2.70. The lowest BCUT2D eigenvalue weighted by atomic mass is 10.0. The van der Waals surface area contributed by atoms with Crippen LogP contribution in [-0.4, -0.2) is 21.8 Å². The molecule has 104 valence electrons. The third kappa shape index (κ3) is 2.19. The Morgan fingerprint density at radius 1 is 1.00 bits per heavy atom. The van der Waals surface area contributed by atoms with Crippen molar-refractivity contribution in [2.45, 2.75) is 25.5 Å². The minimum absolute atomic E-state index is 0.282. The Hall–Kier alpha value is -1.84. The molecule has 20 heavy (non-hydrogen) atoms. The van der Waals surface area contributed by atoms with Gasteiger partial charge in [-0.15, -0.1) is 0 Å². The summed E-state index contributed by atoms with van der Waals surface area (Å²) in [7, 11) is 0. The molecule has 0 aliphatic carbocycles. The van der Waals surface area contributed by atoms with E-state index in [2.05, 4.69) is 53.1 Å². The first-order valence-electron chi connectivity index (χ1n) is 7.01. The average Bonchev–Trinajstić information content (AvgIpc) is 2.80. The molecule has 3 aromatic rings. The van der Waals surface area contributed by atoms with Crippen LogP contribution in [0.3, 0.4) is 0 Å². The van der Waals surface area contributed by atoms with E-state index in [1.54, 1.807) is 6.92 Å². The molecule has 0 saturated carbocycles. The van der Waals surface area contributed by atoms with E-state index >= 15 is 0 Å². The molecular formula is C17H20N2O. The van der Waals surface area contributed by atoms with Gasteiger partial charge in [-0.25, -0.2) is 0 Å². The van der Waals surface area contributed by atoms with Gasteiger partial charge in [0, 0.05) is 34.9 Å². The number of nitrogens with zero attached hydrogens (tertiary/aromatic N) is 1. The summed E-state index contributed by atoms with van der Waals surface area (Å²) in [5.41, 5.74) is 7.22. The molecule has 3 rings (SSSR count). The lowest BCUT2D eigenvalue weighted by molar-refractivity contribution is 0.0560. The van der Waals surface area contributed by atoms with Gasteiger partial charge in [0.05, 0.1) is 5.60 Å². The zero-order chi connectivity index (χ0) is 14.2. The number of aryl methyl sites for hydroxylation is 1. The molecule has 1 unspecified atom stereocenters. The third-order valence-corrected chi connectivity index (χ3v) is 3.99. The van der Waals surface area contributed by atoms with Gasteiger partial charge in [0.15, 0.2) is 0 Å². The first kappa shape index (κ1) is 13.2. The molecule has 3 N–H and O–H groups in total. The normalized spacial score (nSPS) is 14.8. The molecule has 0 saturated heterocycles. The lowest BCUT2D eigenvalue weighted by Gasteiger charge is -2.21. The van der Waals surface area contributed by atoms with Gasteiger partial charge in [-0.3, -0.25) is 0 Å². The maximum Gasteiger partial charge on any atom is 0.0758 e. The van der Waals surface area contributed by atoms with Crippen molar-refractivity contribution in [2.75, 3.05) is 6.54 Å². The molecule has 1 atom stereocenters. The van der Waals surface area contributed by atoms with Crippen LogP contribution in [0.4, 0.5) is 0 Å². The second-order valence-corrected chi connectivity index (χ2v) is 5.64. The Kier molecular flexibility index (Phi) is 3.24. The standard InChI is InChI=1S/C17H20N2O/c1-17(20,12-18)10-11-19-15-8-4-2-6-13(15)14-7-3-5-9-16(14)19/h2-9,20H,10-12,18H2,1H3. The van der Waals surface area contributed by atoms with E-state index in [4.69, 9.17) is 5.73 Å². The number of hydrogen-bond donors (Lipinski definition) is 2. The van der Waals surface area contributed by atoms with Crippen LogP contribution in [0, 0.1) is 0 Å². The number of hydrogen-bond acceptors (Lipinski definition) is 2. The van der Waals surface area contributed by atoms with Crippen LogP contribution in [0.25, 0.3) is 21.8 Å². The molecule has 0 bridgehead atoms. The number of nitrogens with two attached hydrogens (primary N) is 1. The molecule has 3 nitrogen and oxygen atoms in total. The highest BCUT2D eigenvalue weighted by Gasteiger charge is 2.19. The van der Waals surface area contributed by atoms with Crippen molar-refractivity contribution in [3.63, 3.8) is 0 Å². The number of rotatable bonds is 4. The highest BCUT2D eigenvalue weighted by atomic mass is 16.3. The highest BCUT2D eigenvalue weighted by Crippen LogP contribution is 2.29. The van der Waals surface area contributed by atoms with E-state index in [-0.39, 0.29) is 6.54 Å². The van der Waals surface area contributed by atoms with E-state index in [9.17, 15) is 5.11 Å². The number of fused-ring (bicyclic) bond motifs is 3. The molecular weight excluding hydrogens is 248 g/mol. The summed E-state index contributed by atoms with van der Waals surface area (Å²) in [6, 6.07) is 16.8. The van der Waals surface area contributed by atoms with Crippen LogP contribution in [0.2, 0.25) is 0 Å².